The molecule has 3 heteroatoms. The van der Waals surface area contributed by atoms with Crippen LogP contribution in [-0.2, 0) is 4.74 Å². The van der Waals surface area contributed by atoms with Gasteiger partial charge in [-0.15, -0.1) is 11.6 Å². The van der Waals surface area contributed by atoms with Crippen LogP contribution in [0, 0.1) is 5.92 Å². The van der Waals surface area contributed by atoms with Crippen molar-refractivity contribution >= 4 is 11.6 Å². The van der Waals surface area contributed by atoms with Crippen LogP contribution in [0.2, 0.25) is 0 Å². The molecule has 0 saturated carbocycles. The van der Waals surface area contributed by atoms with Crippen LogP contribution in [-0.4, -0.2) is 31.7 Å². The van der Waals surface area contributed by atoms with Crippen LogP contribution in [0.1, 0.15) is 32.6 Å². The zero-order valence-electron chi connectivity index (χ0n) is 9.10. The SMILES string of the molecule is CC(CCCCl)NCC1CCOCC1. The van der Waals surface area contributed by atoms with Crippen molar-refractivity contribution in [2.45, 2.75) is 38.6 Å². The van der Waals surface area contributed by atoms with Crippen LogP contribution in [0.5, 0.6) is 0 Å². The summed E-state index contributed by atoms with van der Waals surface area (Å²) in [6.07, 6.45) is 4.74. The second kappa shape index (κ2) is 7.49. The van der Waals surface area contributed by atoms with Crippen molar-refractivity contribution in [1.29, 1.82) is 0 Å². The van der Waals surface area contributed by atoms with Gasteiger partial charge in [0, 0.05) is 25.1 Å². The fourth-order valence-corrected chi connectivity index (χ4v) is 1.96. The molecule has 1 rings (SSSR count). The Labute approximate surface area is 92.3 Å². The van der Waals surface area contributed by atoms with E-state index in [-0.39, 0.29) is 0 Å². The quantitative estimate of drug-likeness (QED) is 0.693. The number of nitrogens with one attached hydrogen (secondary N) is 1. The van der Waals surface area contributed by atoms with Crippen molar-refractivity contribution < 1.29 is 4.74 Å². The second-order valence-corrected chi connectivity index (χ2v) is 4.57. The van der Waals surface area contributed by atoms with Crippen LogP contribution < -0.4 is 5.32 Å². The van der Waals surface area contributed by atoms with Gasteiger partial charge in [-0.2, -0.15) is 0 Å². The first-order chi connectivity index (χ1) is 6.83. The first-order valence-electron chi connectivity index (χ1n) is 5.70. The molecule has 1 aliphatic heterocycles. The highest BCUT2D eigenvalue weighted by Crippen LogP contribution is 2.13. The third-order valence-electron chi connectivity index (χ3n) is 2.87. The number of rotatable bonds is 6. The van der Waals surface area contributed by atoms with E-state index in [1.54, 1.807) is 0 Å². The van der Waals surface area contributed by atoms with E-state index in [1.165, 1.54) is 19.3 Å². The molecule has 0 bridgehead atoms. The van der Waals surface area contributed by atoms with Crippen molar-refractivity contribution in [3.63, 3.8) is 0 Å². The van der Waals surface area contributed by atoms with Crippen LogP contribution in [0.3, 0.4) is 0 Å². The number of alkyl halides is 1. The predicted molar refractivity (Wildman–Crippen MR) is 61.0 cm³/mol. The van der Waals surface area contributed by atoms with E-state index in [1.807, 2.05) is 0 Å². The summed E-state index contributed by atoms with van der Waals surface area (Å²) in [6, 6.07) is 0.608. The molecule has 0 aromatic carbocycles. The molecule has 0 radical (unpaired) electrons. The molecule has 84 valence electrons. The summed E-state index contributed by atoms with van der Waals surface area (Å²) in [5.74, 6) is 1.60. The van der Waals surface area contributed by atoms with Gasteiger partial charge in [0.25, 0.3) is 0 Å². The van der Waals surface area contributed by atoms with Crippen molar-refractivity contribution in [3.05, 3.63) is 0 Å². The van der Waals surface area contributed by atoms with Gasteiger partial charge < -0.3 is 10.1 Å². The van der Waals surface area contributed by atoms with Gasteiger partial charge in [-0.3, -0.25) is 0 Å². The van der Waals surface area contributed by atoms with Gasteiger partial charge in [0.2, 0.25) is 0 Å². The average molecular weight is 220 g/mol. The minimum atomic E-state index is 0.608. The highest BCUT2D eigenvalue weighted by atomic mass is 35.5. The zero-order valence-corrected chi connectivity index (χ0v) is 9.85. The minimum absolute atomic E-state index is 0.608. The van der Waals surface area contributed by atoms with Gasteiger partial charge in [-0.05, 0) is 45.1 Å². The Hall–Kier alpha value is 0.210. The molecule has 1 heterocycles. The van der Waals surface area contributed by atoms with E-state index in [0.29, 0.717) is 6.04 Å². The van der Waals surface area contributed by atoms with E-state index in [9.17, 15) is 0 Å². The van der Waals surface area contributed by atoms with Crippen LogP contribution in [0.15, 0.2) is 0 Å². The lowest BCUT2D eigenvalue weighted by atomic mass is 10.00. The largest absolute Gasteiger partial charge is 0.381 e. The average Bonchev–Trinajstić information content (AvgIpc) is 2.25. The highest BCUT2D eigenvalue weighted by molar-refractivity contribution is 6.17. The van der Waals surface area contributed by atoms with E-state index >= 15 is 0 Å². The van der Waals surface area contributed by atoms with Gasteiger partial charge >= 0.3 is 0 Å². The molecule has 1 unspecified atom stereocenters. The van der Waals surface area contributed by atoms with Crippen molar-refractivity contribution in [2.75, 3.05) is 25.6 Å². The number of halogens is 1. The second-order valence-electron chi connectivity index (χ2n) is 4.20. The summed E-state index contributed by atoms with van der Waals surface area (Å²) in [5.41, 5.74) is 0. The molecule has 14 heavy (non-hydrogen) atoms. The summed E-state index contributed by atoms with van der Waals surface area (Å²) in [6.45, 7) is 5.28. The monoisotopic (exact) mass is 219 g/mol. The fraction of sp³-hybridized carbons (Fsp3) is 1.00. The number of hydrogen-bond acceptors (Lipinski definition) is 2. The molecule has 1 N–H and O–H groups in total. The Morgan fingerprint density at radius 3 is 2.79 bits per heavy atom. The molecule has 0 aliphatic carbocycles. The van der Waals surface area contributed by atoms with Crippen LogP contribution >= 0.6 is 11.6 Å². The zero-order chi connectivity index (χ0) is 10.2. The lowest BCUT2D eigenvalue weighted by Gasteiger charge is -2.24. The van der Waals surface area contributed by atoms with Gasteiger partial charge in [0.15, 0.2) is 0 Å². The summed E-state index contributed by atoms with van der Waals surface area (Å²) in [5, 5.41) is 3.57. The van der Waals surface area contributed by atoms with Crippen molar-refractivity contribution in [2.24, 2.45) is 5.92 Å². The van der Waals surface area contributed by atoms with Gasteiger partial charge in [0.1, 0.15) is 0 Å². The molecule has 2 nitrogen and oxygen atoms in total. The molecular weight excluding hydrogens is 198 g/mol. The first-order valence-corrected chi connectivity index (χ1v) is 6.23. The third-order valence-corrected chi connectivity index (χ3v) is 3.13. The van der Waals surface area contributed by atoms with E-state index in [4.69, 9.17) is 16.3 Å². The highest BCUT2D eigenvalue weighted by Gasteiger charge is 2.13. The third kappa shape index (κ3) is 5.18. The molecule has 1 fully saturated rings. The molecule has 0 amide bonds. The lowest BCUT2D eigenvalue weighted by Crippen LogP contribution is -2.33. The predicted octanol–water partition coefficient (Wildman–Crippen LogP) is 2.41. The minimum Gasteiger partial charge on any atom is -0.381 e. The van der Waals surface area contributed by atoms with Gasteiger partial charge in [0.05, 0.1) is 0 Å². The van der Waals surface area contributed by atoms with E-state index < -0.39 is 0 Å². The molecule has 1 aliphatic rings. The molecule has 1 saturated heterocycles. The maximum absolute atomic E-state index is 5.65. The topological polar surface area (TPSA) is 21.3 Å². The maximum Gasteiger partial charge on any atom is 0.0469 e. The normalized spacial score (nSPS) is 21.0. The van der Waals surface area contributed by atoms with Crippen LogP contribution in [0.4, 0.5) is 0 Å². The Morgan fingerprint density at radius 1 is 1.43 bits per heavy atom. The smallest absolute Gasteiger partial charge is 0.0469 e. The Kier molecular flexibility index (Phi) is 6.57. The Bertz CT molecular complexity index is 137. The van der Waals surface area contributed by atoms with Crippen molar-refractivity contribution in [1.82, 2.24) is 5.32 Å². The fourth-order valence-electron chi connectivity index (χ4n) is 1.80. The Balaban J connectivity index is 2.00. The van der Waals surface area contributed by atoms with Crippen LogP contribution in [0.25, 0.3) is 0 Å². The standard InChI is InChI=1S/C11H22ClNO/c1-10(3-2-6-12)13-9-11-4-7-14-8-5-11/h10-11,13H,2-9H2,1H3. The molecule has 1 atom stereocenters. The first kappa shape index (κ1) is 12.3. The summed E-state index contributed by atoms with van der Waals surface area (Å²) < 4.78 is 5.33. The summed E-state index contributed by atoms with van der Waals surface area (Å²) in [7, 11) is 0. The lowest BCUT2D eigenvalue weighted by molar-refractivity contribution is 0.0655. The summed E-state index contributed by atoms with van der Waals surface area (Å²) in [4.78, 5) is 0. The molecule has 0 spiro atoms. The van der Waals surface area contributed by atoms with E-state index in [0.717, 1.165) is 38.0 Å². The molecular formula is C11H22ClNO. The number of hydrogen-bond donors (Lipinski definition) is 1. The van der Waals surface area contributed by atoms with Gasteiger partial charge in [-0.1, -0.05) is 0 Å². The summed E-state index contributed by atoms with van der Waals surface area (Å²) >= 11 is 5.65. The van der Waals surface area contributed by atoms with Crippen molar-refractivity contribution in [3.8, 4) is 0 Å². The molecule has 0 aromatic heterocycles. The van der Waals surface area contributed by atoms with E-state index in [2.05, 4.69) is 12.2 Å². The molecule has 0 aromatic rings. The van der Waals surface area contributed by atoms with Gasteiger partial charge in [-0.25, -0.2) is 0 Å². The maximum atomic E-state index is 5.65. The number of ether oxygens (including phenoxy) is 1. The Morgan fingerprint density at radius 2 is 2.14 bits per heavy atom.